The van der Waals surface area contributed by atoms with Crippen LogP contribution in [-0.4, -0.2) is 33.8 Å². The molecule has 0 unspecified atom stereocenters. The fourth-order valence-corrected chi connectivity index (χ4v) is 2.46. The highest BCUT2D eigenvalue weighted by atomic mass is 16.3. The molecule has 18 heavy (non-hydrogen) atoms. The van der Waals surface area contributed by atoms with Gasteiger partial charge in [-0.15, -0.1) is 0 Å². The van der Waals surface area contributed by atoms with Crippen molar-refractivity contribution >= 4 is 5.78 Å². The first-order chi connectivity index (χ1) is 8.69. The lowest BCUT2D eigenvalue weighted by Gasteiger charge is -2.11. The number of aryl methyl sites for hydroxylation is 1. The lowest BCUT2D eigenvalue weighted by molar-refractivity contribution is 0.0993. The number of aromatic nitrogens is 1. The van der Waals surface area contributed by atoms with E-state index in [1.807, 2.05) is 0 Å². The van der Waals surface area contributed by atoms with Gasteiger partial charge in [-0.1, -0.05) is 0 Å². The maximum Gasteiger partial charge on any atom is 0.254 e. The third-order valence-corrected chi connectivity index (χ3v) is 3.28. The SMILES string of the molecule is O=C1CCc2c1c(CCCO)cn(CCO)c2=O. The van der Waals surface area contributed by atoms with Crippen LogP contribution < -0.4 is 5.56 Å². The van der Waals surface area contributed by atoms with Crippen LogP contribution in [0.25, 0.3) is 0 Å². The van der Waals surface area contributed by atoms with Gasteiger partial charge in [0.05, 0.1) is 6.61 Å². The Balaban J connectivity index is 2.50. The minimum atomic E-state index is -0.169. The van der Waals surface area contributed by atoms with Crippen molar-refractivity contribution in [1.82, 2.24) is 4.57 Å². The van der Waals surface area contributed by atoms with Gasteiger partial charge in [0.2, 0.25) is 0 Å². The number of fused-ring (bicyclic) bond motifs is 1. The summed E-state index contributed by atoms with van der Waals surface area (Å²) in [5.74, 6) is 0.0196. The predicted molar refractivity (Wildman–Crippen MR) is 65.8 cm³/mol. The number of hydrogen-bond donors (Lipinski definition) is 2. The van der Waals surface area contributed by atoms with Gasteiger partial charge < -0.3 is 14.8 Å². The Bertz CT molecular complexity index is 518. The van der Waals surface area contributed by atoms with Gasteiger partial charge >= 0.3 is 0 Å². The first-order valence-electron chi connectivity index (χ1n) is 6.19. The van der Waals surface area contributed by atoms with Crippen LogP contribution in [0.1, 0.15) is 34.3 Å². The number of carbonyl (C=O) groups excluding carboxylic acids is 1. The van der Waals surface area contributed by atoms with Crippen LogP contribution in [0.3, 0.4) is 0 Å². The van der Waals surface area contributed by atoms with E-state index in [1.54, 1.807) is 6.20 Å². The molecule has 1 aliphatic rings. The Labute approximate surface area is 105 Å². The number of aliphatic hydroxyl groups excluding tert-OH is 2. The van der Waals surface area contributed by atoms with E-state index < -0.39 is 0 Å². The fraction of sp³-hybridized carbons (Fsp3) is 0.538. The van der Waals surface area contributed by atoms with Gasteiger partial charge in [-0.3, -0.25) is 9.59 Å². The maximum atomic E-state index is 12.1. The number of nitrogens with zero attached hydrogens (tertiary/aromatic N) is 1. The monoisotopic (exact) mass is 251 g/mol. The molecule has 5 heteroatoms. The highest BCUT2D eigenvalue weighted by Gasteiger charge is 2.26. The van der Waals surface area contributed by atoms with Crippen LogP contribution in [0.2, 0.25) is 0 Å². The van der Waals surface area contributed by atoms with Crippen molar-refractivity contribution in [2.24, 2.45) is 0 Å². The van der Waals surface area contributed by atoms with Crippen molar-refractivity contribution in [3.63, 3.8) is 0 Å². The zero-order valence-corrected chi connectivity index (χ0v) is 10.2. The van der Waals surface area contributed by atoms with Gasteiger partial charge in [0.25, 0.3) is 5.56 Å². The summed E-state index contributed by atoms with van der Waals surface area (Å²) in [7, 11) is 0. The Morgan fingerprint density at radius 1 is 1.17 bits per heavy atom. The van der Waals surface area contributed by atoms with Crippen LogP contribution >= 0.6 is 0 Å². The number of carbonyl (C=O) groups is 1. The third-order valence-electron chi connectivity index (χ3n) is 3.28. The van der Waals surface area contributed by atoms with Crippen LogP contribution in [0.5, 0.6) is 0 Å². The molecule has 2 rings (SSSR count). The quantitative estimate of drug-likeness (QED) is 0.765. The average molecular weight is 251 g/mol. The molecule has 98 valence electrons. The van der Waals surface area contributed by atoms with Gasteiger partial charge in [-0.2, -0.15) is 0 Å². The van der Waals surface area contributed by atoms with E-state index in [1.165, 1.54) is 4.57 Å². The molecule has 0 saturated heterocycles. The third kappa shape index (κ3) is 2.23. The van der Waals surface area contributed by atoms with E-state index in [0.717, 1.165) is 5.56 Å². The Morgan fingerprint density at radius 3 is 2.61 bits per heavy atom. The van der Waals surface area contributed by atoms with Gasteiger partial charge in [0, 0.05) is 36.9 Å². The van der Waals surface area contributed by atoms with E-state index in [2.05, 4.69) is 0 Å². The lowest BCUT2D eigenvalue weighted by atomic mass is 10.0. The predicted octanol–water partition coefficient (Wildman–Crippen LogP) is -0.106. The average Bonchev–Trinajstić information content (AvgIpc) is 2.74. The molecule has 2 N–H and O–H groups in total. The molecule has 0 radical (unpaired) electrons. The topological polar surface area (TPSA) is 79.5 Å². The molecule has 0 atom stereocenters. The van der Waals surface area contributed by atoms with Crippen LogP contribution in [0, 0.1) is 0 Å². The van der Waals surface area contributed by atoms with Crippen LogP contribution in [-0.2, 0) is 19.4 Å². The summed E-state index contributed by atoms with van der Waals surface area (Å²) in [6.07, 6.45) is 3.68. The minimum Gasteiger partial charge on any atom is -0.396 e. The summed E-state index contributed by atoms with van der Waals surface area (Å²) in [5.41, 5.74) is 1.78. The number of rotatable bonds is 5. The van der Waals surface area contributed by atoms with Crippen molar-refractivity contribution in [3.8, 4) is 0 Å². The normalized spacial score (nSPS) is 14.0. The summed E-state index contributed by atoms with van der Waals surface area (Å²) >= 11 is 0. The number of ketones is 1. The second-order valence-corrected chi connectivity index (χ2v) is 4.48. The molecule has 0 fully saturated rings. The molecule has 1 aliphatic carbocycles. The molecule has 0 spiro atoms. The molecule has 0 amide bonds. The molecule has 0 bridgehead atoms. The number of Topliss-reactive ketones (excluding diaryl/α,β-unsaturated/α-hetero) is 1. The first-order valence-corrected chi connectivity index (χ1v) is 6.19. The molecule has 0 saturated carbocycles. The van der Waals surface area contributed by atoms with Crippen molar-refractivity contribution in [2.75, 3.05) is 13.2 Å². The lowest BCUT2D eigenvalue weighted by Crippen LogP contribution is -2.26. The zero-order valence-electron chi connectivity index (χ0n) is 10.2. The van der Waals surface area contributed by atoms with E-state index >= 15 is 0 Å². The van der Waals surface area contributed by atoms with Gasteiger partial charge in [0.15, 0.2) is 5.78 Å². The molecule has 1 heterocycles. The van der Waals surface area contributed by atoms with Gasteiger partial charge in [-0.05, 0) is 24.8 Å². The fourth-order valence-electron chi connectivity index (χ4n) is 2.46. The summed E-state index contributed by atoms with van der Waals surface area (Å²) in [5, 5.41) is 17.8. The van der Waals surface area contributed by atoms with Crippen LogP contribution in [0.15, 0.2) is 11.0 Å². The summed E-state index contributed by atoms with van der Waals surface area (Å²) in [6.45, 7) is 0.195. The number of pyridine rings is 1. The summed E-state index contributed by atoms with van der Waals surface area (Å²) in [4.78, 5) is 23.9. The molecular weight excluding hydrogens is 234 g/mol. The van der Waals surface area contributed by atoms with Crippen LogP contribution in [0.4, 0.5) is 0 Å². The first kappa shape index (κ1) is 13.0. The van der Waals surface area contributed by atoms with E-state index in [9.17, 15) is 9.59 Å². The maximum absolute atomic E-state index is 12.1. The Morgan fingerprint density at radius 2 is 1.94 bits per heavy atom. The number of hydrogen-bond acceptors (Lipinski definition) is 4. The van der Waals surface area contributed by atoms with E-state index in [0.29, 0.717) is 36.8 Å². The highest BCUT2D eigenvalue weighted by molar-refractivity contribution is 6.01. The Kier molecular flexibility index (Phi) is 3.93. The van der Waals surface area contributed by atoms with Crippen molar-refractivity contribution in [3.05, 3.63) is 33.2 Å². The van der Waals surface area contributed by atoms with E-state index in [4.69, 9.17) is 10.2 Å². The number of aliphatic hydroxyl groups is 2. The van der Waals surface area contributed by atoms with Crippen molar-refractivity contribution in [1.29, 1.82) is 0 Å². The smallest absolute Gasteiger partial charge is 0.254 e. The van der Waals surface area contributed by atoms with Crippen molar-refractivity contribution in [2.45, 2.75) is 32.2 Å². The molecule has 5 nitrogen and oxygen atoms in total. The van der Waals surface area contributed by atoms with Gasteiger partial charge in [0.1, 0.15) is 0 Å². The largest absolute Gasteiger partial charge is 0.396 e. The summed E-state index contributed by atoms with van der Waals surface area (Å²) < 4.78 is 1.46. The van der Waals surface area contributed by atoms with E-state index in [-0.39, 0.29) is 31.1 Å². The highest BCUT2D eigenvalue weighted by Crippen LogP contribution is 2.23. The zero-order chi connectivity index (χ0) is 13.1. The molecule has 0 aliphatic heterocycles. The summed E-state index contributed by atoms with van der Waals surface area (Å²) in [6, 6.07) is 0. The standard InChI is InChI=1S/C13H17NO4/c15-6-1-2-9-8-14(5-7-16)13(18)10-3-4-11(17)12(9)10/h8,15-16H,1-7H2. The molecule has 1 aromatic heterocycles. The molecule has 1 aromatic rings. The molecule has 0 aromatic carbocycles. The van der Waals surface area contributed by atoms with Crippen molar-refractivity contribution < 1.29 is 15.0 Å². The minimum absolute atomic E-state index is 0.0196. The molecular formula is C13H17NO4. The second kappa shape index (κ2) is 5.46. The van der Waals surface area contributed by atoms with Gasteiger partial charge in [-0.25, -0.2) is 0 Å². The second-order valence-electron chi connectivity index (χ2n) is 4.48. The Hall–Kier alpha value is -1.46.